The van der Waals surface area contributed by atoms with Crippen molar-refractivity contribution in [1.29, 1.82) is 0 Å². The molecule has 1 heterocycles. The van der Waals surface area contributed by atoms with Crippen molar-refractivity contribution in [2.75, 3.05) is 26.0 Å². The molecule has 2 atom stereocenters. The van der Waals surface area contributed by atoms with E-state index in [4.69, 9.17) is 0 Å². The molecule has 4 heteroatoms. The number of anilines is 1. The minimum absolute atomic E-state index is 0.281. The first-order valence-corrected chi connectivity index (χ1v) is 6.92. The Morgan fingerprint density at radius 3 is 2.89 bits per heavy atom. The quantitative estimate of drug-likeness (QED) is 0.890. The van der Waals surface area contributed by atoms with E-state index >= 15 is 0 Å². The fourth-order valence-electron chi connectivity index (χ4n) is 3.14. The highest BCUT2D eigenvalue weighted by Gasteiger charge is 2.36. The van der Waals surface area contributed by atoms with Crippen LogP contribution in [0.4, 0.5) is 5.95 Å². The van der Waals surface area contributed by atoms with Gasteiger partial charge >= 0.3 is 0 Å². The molecule has 0 radical (unpaired) electrons. The second-order valence-electron chi connectivity index (χ2n) is 6.04. The third-order valence-electron chi connectivity index (χ3n) is 4.41. The SMILES string of the molecule is CC1CCCC(CNc2nccn2C)(N(C)C)C1. The molecule has 102 valence electrons. The summed E-state index contributed by atoms with van der Waals surface area (Å²) in [5.41, 5.74) is 0.281. The van der Waals surface area contributed by atoms with Gasteiger partial charge in [0, 0.05) is 31.5 Å². The number of likely N-dealkylation sites (N-methyl/N-ethyl adjacent to an activating group) is 1. The maximum atomic E-state index is 4.34. The number of nitrogens with zero attached hydrogens (tertiary/aromatic N) is 3. The Bertz CT molecular complexity index is 385. The Hall–Kier alpha value is -1.03. The summed E-state index contributed by atoms with van der Waals surface area (Å²) in [5.74, 6) is 1.79. The summed E-state index contributed by atoms with van der Waals surface area (Å²) in [4.78, 5) is 6.74. The monoisotopic (exact) mass is 250 g/mol. The zero-order valence-corrected chi connectivity index (χ0v) is 12.1. The fourth-order valence-corrected chi connectivity index (χ4v) is 3.14. The maximum Gasteiger partial charge on any atom is 0.202 e. The smallest absolute Gasteiger partial charge is 0.202 e. The number of hydrogen-bond acceptors (Lipinski definition) is 3. The first-order valence-electron chi connectivity index (χ1n) is 6.92. The Labute approximate surface area is 110 Å². The lowest BCUT2D eigenvalue weighted by molar-refractivity contribution is 0.0880. The van der Waals surface area contributed by atoms with Gasteiger partial charge in [-0.1, -0.05) is 19.8 Å². The average molecular weight is 250 g/mol. The van der Waals surface area contributed by atoms with Crippen molar-refractivity contribution in [2.24, 2.45) is 13.0 Å². The van der Waals surface area contributed by atoms with Crippen LogP contribution in [0.2, 0.25) is 0 Å². The van der Waals surface area contributed by atoms with Crippen molar-refractivity contribution in [2.45, 2.75) is 38.1 Å². The first-order chi connectivity index (χ1) is 8.53. The van der Waals surface area contributed by atoms with Crippen LogP contribution >= 0.6 is 0 Å². The summed E-state index contributed by atoms with van der Waals surface area (Å²) in [5, 5.41) is 3.52. The number of hydrogen-bond donors (Lipinski definition) is 1. The lowest BCUT2D eigenvalue weighted by atomic mass is 9.75. The number of imidazole rings is 1. The number of nitrogens with one attached hydrogen (secondary N) is 1. The molecule has 0 aliphatic heterocycles. The molecule has 0 spiro atoms. The molecule has 0 aromatic carbocycles. The van der Waals surface area contributed by atoms with Crippen LogP contribution in [-0.4, -0.2) is 40.6 Å². The summed E-state index contributed by atoms with van der Waals surface area (Å²) in [6.45, 7) is 3.35. The van der Waals surface area contributed by atoms with E-state index in [9.17, 15) is 0 Å². The van der Waals surface area contributed by atoms with Crippen molar-refractivity contribution >= 4 is 5.95 Å². The molecule has 0 saturated heterocycles. The topological polar surface area (TPSA) is 33.1 Å². The van der Waals surface area contributed by atoms with Gasteiger partial charge in [0.25, 0.3) is 0 Å². The van der Waals surface area contributed by atoms with Crippen LogP contribution < -0.4 is 5.32 Å². The van der Waals surface area contributed by atoms with Gasteiger partial charge in [0.15, 0.2) is 0 Å². The molecule has 1 aromatic heterocycles. The van der Waals surface area contributed by atoms with E-state index in [0.29, 0.717) is 0 Å². The van der Waals surface area contributed by atoms with E-state index in [1.165, 1.54) is 25.7 Å². The molecule has 1 aliphatic carbocycles. The Kier molecular flexibility index (Phi) is 3.95. The van der Waals surface area contributed by atoms with E-state index in [1.54, 1.807) is 0 Å². The summed E-state index contributed by atoms with van der Waals surface area (Å²) in [6, 6.07) is 0. The highest BCUT2D eigenvalue weighted by molar-refractivity contribution is 5.26. The molecule has 2 rings (SSSR count). The third kappa shape index (κ3) is 2.69. The molecule has 0 bridgehead atoms. The van der Waals surface area contributed by atoms with Crippen molar-refractivity contribution in [3.8, 4) is 0 Å². The zero-order valence-electron chi connectivity index (χ0n) is 12.1. The molecule has 1 N–H and O–H groups in total. The van der Waals surface area contributed by atoms with Gasteiger partial charge < -0.3 is 14.8 Å². The van der Waals surface area contributed by atoms with Crippen LogP contribution in [0.3, 0.4) is 0 Å². The second kappa shape index (κ2) is 5.31. The maximum absolute atomic E-state index is 4.34. The van der Waals surface area contributed by atoms with Gasteiger partial charge in [0.2, 0.25) is 5.95 Å². The molecule has 18 heavy (non-hydrogen) atoms. The molecular weight excluding hydrogens is 224 g/mol. The van der Waals surface area contributed by atoms with Gasteiger partial charge in [-0.2, -0.15) is 0 Å². The lowest BCUT2D eigenvalue weighted by Crippen LogP contribution is -2.52. The fraction of sp³-hybridized carbons (Fsp3) is 0.786. The molecule has 1 saturated carbocycles. The average Bonchev–Trinajstić information content (AvgIpc) is 2.72. The Balaban J connectivity index is 2.04. The van der Waals surface area contributed by atoms with E-state index in [0.717, 1.165) is 18.4 Å². The summed E-state index contributed by atoms with van der Waals surface area (Å²) >= 11 is 0. The van der Waals surface area contributed by atoms with E-state index in [-0.39, 0.29) is 5.54 Å². The van der Waals surface area contributed by atoms with Crippen LogP contribution in [0.1, 0.15) is 32.6 Å². The third-order valence-corrected chi connectivity index (χ3v) is 4.41. The summed E-state index contributed by atoms with van der Waals surface area (Å²) in [6.07, 6.45) is 9.08. The molecule has 1 aromatic rings. The summed E-state index contributed by atoms with van der Waals surface area (Å²) in [7, 11) is 6.44. The van der Waals surface area contributed by atoms with Gasteiger partial charge in [-0.25, -0.2) is 4.98 Å². The van der Waals surface area contributed by atoms with Crippen LogP contribution in [-0.2, 0) is 7.05 Å². The summed E-state index contributed by atoms with van der Waals surface area (Å²) < 4.78 is 2.04. The van der Waals surface area contributed by atoms with Crippen LogP contribution in [0.25, 0.3) is 0 Å². The van der Waals surface area contributed by atoms with Crippen LogP contribution in [0.5, 0.6) is 0 Å². The highest BCUT2D eigenvalue weighted by Crippen LogP contribution is 2.35. The molecule has 2 unspecified atom stereocenters. The Morgan fingerprint density at radius 1 is 1.56 bits per heavy atom. The predicted molar refractivity (Wildman–Crippen MR) is 75.7 cm³/mol. The largest absolute Gasteiger partial charge is 0.354 e. The van der Waals surface area contributed by atoms with Gasteiger partial charge in [0.05, 0.1) is 0 Å². The number of aryl methyl sites for hydroxylation is 1. The number of rotatable bonds is 4. The van der Waals surface area contributed by atoms with E-state index in [1.807, 2.05) is 24.0 Å². The lowest BCUT2D eigenvalue weighted by Gasteiger charge is -2.45. The molecule has 4 nitrogen and oxygen atoms in total. The molecule has 0 amide bonds. The first kappa shape index (κ1) is 13.4. The standard InChI is InChI=1S/C14H26N4/c1-12-6-5-7-14(10-12,17(2)3)11-16-13-15-8-9-18(13)4/h8-9,12H,5-7,10-11H2,1-4H3,(H,15,16). The Morgan fingerprint density at radius 2 is 2.33 bits per heavy atom. The van der Waals surface area contributed by atoms with Crippen molar-refractivity contribution < 1.29 is 0 Å². The van der Waals surface area contributed by atoms with Crippen LogP contribution in [0.15, 0.2) is 12.4 Å². The number of aromatic nitrogens is 2. The van der Waals surface area contributed by atoms with E-state index in [2.05, 4.69) is 36.2 Å². The van der Waals surface area contributed by atoms with Gasteiger partial charge in [-0.05, 0) is 32.9 Å². The van der Waals surface area contributed by atoms with Crippen molar-refractivity contribution in [3.05, 3.63) is 12.4 Å². The predicted octanol–water partition coefficient (Wildman–Crippen LogP) is 2.34. The van der Waals surface area contributed by atoms with Crippen molar-refractivity contribution in [1.82, 2.24) is 14.5 Å². The minimum Gasteiger partial charge on any atom is -0.354 e. The molecule has 1 fully saturated rings. The minimum atomic E-state index is 0.281. The van der Waals surface area contributed by atoms with Gasteiger partial charge in [-0.15, -0.1) is 0 Å². The van der Waals surface area contributed by atoms with Gasteiger partial charge in [-0.3, -0.25) is 0 Å². The van der Waals surface area contributed by atoms with Gasteiger partial charge in [0.1, 0.15) is 0 Å². The van der Waals surface area contributed by atoms with Crippen LogP contribution in [0, 0.1) is 5.92 Å². The second-order valence-corrected chi connectivity index (χ2v) is 6.04. The van der Waals surface area contributed by atoms with E-state index < -0.39 is 0 Å². The normalized spacial score (nSPS) is 28.6. The molecular formula is C14H26N4. The van der Waals surface area contributed by atoms with Crippen molar-refractivity contribution in [3.63, 3.8) is 0 Å². The highest BCUT2D eigenvalue weighted by atomic mass is 15.2. The molecule has 1 aliphatic rings. The zero-order chi connectivity index (χ0) is 13.2.